The average Bonchev–Trinajstić information content (AvgIpc) is 3.21. The van der Waals surface area contributed by atoms with E-state index in [1.165, 1.54) is 12.0 Å². The SMILES string of the molecule is COc1cc2c(cc1CNCc1nnc3n1CCC3)OC(C)C2.Cl. The first-order chi connectivity index (χ1) is 11.2. The number of aryl methyl sites for hydroxylation is 1. The molecule has 1 atom stereocenters. The molecule has 130 valence electrons. The second kappa shape index (κ2) is 6.99. The number of hydrogen-bond donors (Lipinski definition) is 1. The Hall–Kier alpha value is -1.79. The third-order valence-electron chi connectivity index (χ3n) is 4.58. The first kappa shape index (κ1) is 17.0. The molecule has 0 bridgehead atoms. The van der Waals surface area contributed by atoms with Gasteiger partial charge in [0.15, 0.2) is 0 Å². The smallest absolute Gasteiger partial charge is 0.147 e. The first-order valence-electron chi connectivity index (χ1n) is 8.22. The third-order valence-corrected chi connectivity index (χ3v) is 4.58. The number of aromatic nitrogens is 3. The van der Waals surface area contributed by atoms with E-state index in [0.29, 0.717) is 6.54 Å². The van der Waals surface area contributed by atoms with Crippen molar-refractivity contribution in [3.05, 3.63) is 34.9 Å². The molecule has 6 nitrogen and oxygen atoms in total. The van der Waals surface area contributed by atoms with Gasteiger partial charge in [0.2, 0.25) is 0 Å². The van der Waals surface area contributed by atoms with Crippen LogP contribution in [-0.4, -0.2) is 28.0 Å². The van der Waals surface area contributed by atoms with Crippen LogP contribution in [0.2, 0.25) is 0 Å². The van der Waals surface area contributed by atoms with Gasteiger partial charge in [-0.05, 0) is 25.5 Å². The molecule has 0 fully saturated rings. The summed E-state index contributed by atoms with van der Waals surface area (Å²) in [5.74, 6) is 4.03. The summed E-state index contributed by atoms with van der Waals surface area (Å²) in [5.41, 5.74) is 2.34. The number of nitrogens with zero attached hydrogens (tertiary/aromatic N) is 3. The number of nitrogens with one attached hydrogen (secondary N) is 1. The van der Waals surface area contributed by atoms with Crippen molar-refractivity contribution in [3.63, 3.8) is 0 Å². The van der Waals surface area contributed by atoms with Gasteiger partial charge in [0.1, 0.15) is 29.3 Å². The minimum Gasteiger partial charge on any atom is -0.496 e. The van der Waals surface area contributed by atoms with E-state index in [9.17, 15) is 0 Å². The molecule has 1 unspecified atom stereocenters. The molecule has 2 aromatic rings. The molecule has 3 heterocycles. The highest BCUT2D eigenvalue weighted by molar-refractivity contribution is 5.85. The maximum absolute atomic E-state index is 5.85. The number of hydrogen-bond acceptors (Lipinski definition) is 5. The maximum atomic E-state index is 5.85. The van der Waals surface area contributed by atoms with E-state index in [0.717, 1.165) is 54.6 Å². The van der Waals surface area contributed by atoms with E-state index >= 15 is 0 Å². The van der Waals surface area contributed by atoms with Gasteiger partial charge in [-0.25, -0.2) is 0 Å². The molecule has 0 amide bonds. The molecule has 24 heavy (non-hydrogen) atoms. The molecular formula is C17H23ClN4O2. The van der Waals surface area contributed by atoms with Crippen molar-refractivity contribution in [2.75, 3.05) is 7.11 Å². The Morgan fingerprint density at radius 1 is 1.33 bits per heavy atom. The van der Waals surface area contributed by atoms with Crippen LogP contribution in [0.4, 0.5) is 0 Å². The molecule has 7 heteroatoms. The molecule has 0 radical (unpaired) electrons. The molecule has 2 aliphatic rings. The van der Waals surface area contributed by atoms with Crippen LogP contribution >= 0.6 is 12.4 Å². The van der Waals surface area contributed by atoms with Gasteiger partial charge in [-0.2, -0.15) is 0 Å². The summed E-state index contributed by atoms with van der Waals surface area (Å²) >= 11 is 0. The fourth-order valence-corrected chi connectivity index (χ4v) is 3.46. The van der Waals surface area contributed by atoms with E-state index in [-0.39, 0.29) is 18.5 Å². The quantitative estimate of drug-likeness (QED) is 0.896. The van der Waals surface area contributed by atoms with Crippen molar-refractivity contribution in [3.8, 4) is 11.5 Å². The molecule has 4 rings (SSSR count). The minimum atomic E-state index is 0. The van der Waals surface area contributed by atoms with E-state index in [2.05, 4.69) is 39.1 Å². The lowest BCUT2D eigenvalue weighted by Gasteiger charge is -2.12. The summed E-state index contributed by atoms with van der Waals surface area (Å²) in [4.78, 5) is 0. The van der Waals surface area contributed by atoms with Gasteiger partial charge in [-0.1, -0.05) is 0 Å². The van der Waals surface area contributed by atoms with Crippen molar-refractivity contribution in [1.82, 2.24) is 20.1 Å². The molecule has 2 aliphatic heterocycles. The average molecular weight is 351 g/mol. The number of ether oxygens (including phenoxy) is 2. The second-order valence-electron chi connectivity index (χ2n) is 6.30. The Morgan fingerprint density at radius 3 is 3.04 bits per heavy atom. The van der Waals surface area contributed by atoms with Crippen molar-refractivity contribution in [2.45, 2.75) is 51.9 Å². The van der Waals surface area contributed by atoms with Crippen LogP contribution in [0.25, 0.3) is 0 Å². The van der Waals surface area contributed by atoms with Gasteiger partial charge in [0.25, 0.3) is 0 Å². The van der Waals surface area contributed by atoms with E-state index in [1.54, 1.807) is 7.11 Å². The highest BCUT2D eigenvalue weighted by Gasteiger charge is 2.22. The van der Waals surface area contributed by atoms with Crippen LogP contribution in [0.1, 0.15) is 36.1 Å². The largest absolute Gasteiger partial charge is 0.496 e. The van der Waals surface area contributed by atoms with Gasteiger partial charge in [-0.3, -0.25) is 0 Å². The third kappa shape index (κ3) is 3.08. The topological polar surface area (TPSA) is 61.2 Å². The van der Waals surface area contributed by atoms with Gasteiger partial charge in [0, 0.05) is 37.1 Å². The number of methoxy groups -OCH3 is 1. The van der Waals surface area contributed by atoms with E-state index in [4.69, 9.17) is 9.47 Å². The fourth-order valence-electron chi connectivity index (χ4n) is 3.46. The molecule has 0 saturated heterocycles. The Kier molecular flexibility index (Phi) is 4.96. The number of halogens is 1. The van der Waals surface area contributed by atoms with Gasteiger partial charge < -0.3 is 19.4 Å². The zero-order valence-corrected chi connectivity index (χ0v) is 14.9. The highest BCUT2D eigenvalue weighted by Crippen LogP contribution is 2.34. The molecule has 0 spiro atoms. The summed E-state index contributed by atoms with van der Waals surface area (Å²) < 4.78 is 13.6. The van der Waals surface area contributed by atoms with Crippen LogP contribution in [-0.2, 0) is 32.5 Å². The molecule has 0 aliphatic carbocycles. The summed E-state index contributed by atoms with van der Waals surface area (Å²) in [6, 6.07) is 4.20. The Bertz CT molecular complexity index is 732. The first-order valence-corrected chi connectivity index (χ1v) is 8.22. The minimum absolute atomic E-state index is 0. The summed E-state index contributed by atoms with van der Waals surface area (Å²) in [6.45, 7) is 4.56. The Labute approximate surface area is 148 Å². The normalized spacial score (nSPS) is 17.8. The zero-order chi connectivity index (χ0) is 15.8. The van der Waals surface area contributed by atoms with E-state index in [1.807, 2.05) is 0 Å². The van der Waals surface area contributed by atoms with Crippen molar-refractivity contribution >= 4 is 12.4 Å². The Balaban J connectivity index is 0.00000169. The van der Waals surface area contributed by atoms with Crippen LogP contribution in [0.3, 0.4) is 0 Å². The van der Waals surface area contributed by atoms with Gasteiger partial charge in [0.05, 0.1) is 13.7 Å². The monoisotopic (exact) mass is 350 g/mol. The number of fused-ring (bicyclic) bond motifs is 2. The molecule has 0 saturated carbocycles. The highest BCUT2D eigenvalue weighted by atomic mass is 35.5. The van der Waals surface area contributed by atoms with Crippen molar-refractivity contribution in [2.24, 2.45) is 0 Å². The van der Waals surface area contributed by atoms with E-state index < -0.39 is 0 Å². The van der Waals surface area contributed by atoms with Crippen molar-refractivity contribution < 1.29 is 9.47 Å². The molecule has 1 aromatic carbocycles. The lowest BCUT2D eigenvalue weighted by molar-refractivity contribution is 0.254. The lowest BCUT2D eigenvalue weighted by atomic mass is 10.1. The second-order valence-corrected chi connectivity index (χ2v) is 6.30. The molecule has 1 N–H and O–H groups in total. The summed E-state index contributed by atoms with van der Waals surface area (Å²) in [5, 5.41) is 12.0. The van der Waals surface area contributed by atoms with Crippen LogP contribution in [0.15, 0.2) is 12.1 Å². The van der Waals surface area contributed by atoms with Crippen LogP contribution in [0.5, 0.6) is 11.5 Å². The summed E-state index contributed by atoms with van der Waals surface area (Å²) in [7, 11) is 1.72. The molecule has 1 aromatic heterocycles. The van der Waals surface area contributed by atoms with Crippen molar-refractivity contribution in [1.29, 1.82) is 0 Å². The number of rotatable bonds is 5. The fraction of sp³-hybridized carbons (Fsp3) is 0.529. The summed E-state index contributed by atoms with van der Waals surface area (Å²) in [6.07, 6.45) is 3.41. The zero-order valence-electron chi connectivity index (χ0n) is 14.0. The lowest BCUT2D eigenvalue weighted by Crippen LogP contribution is -2.17. The standard InChI is InChI=1S/C17H22N4O2.ClH/c1-11-6-12-7-14(22-2)13(8-15(12)23-11)9-18-10-17-20-19-16-4-3-5-21(16)17;/h7-8,11,18H,3-6,9-10H2,1-2H3;1H. The predicted octanol–water partition coefficient (Wildman–Crippen LogP) is 2.27. The Morgan fingerprint density at radius 2 is 2.21 bits per heavy atom. The van der Waals surface area contributed by atoms with Gasteiger partial charge >= 0.3 is 0 Å². The van der Waals surface area contributed by atoms with Crippen LogP contribution < -0.4 is 14.8 Å². The predicted molar refractivity (Wildman–Crippen MR) is 92.9 cm³/mol. The maximum Gasteiger partial charge on any atom is 0.147 e. The number of benzene rings is 1. The molecular weight excluding hydrogens is 328 g/mol. The van der Waals surface area contributed by atoms with Crippen LogP contribution in [0, 0.1) is 0 Å². The van der Waals surface area contributed by atoms with Gasteiger partial charge in [-0.15, -0.1) is 22.6 Å².